The average molecular weight is 318 g/mol. The number of rotatable bonds is 7. The Morgan fingerprint density at radius 2 is 1.91 bits per heavy atom. The molecule has 5 heteroatoms. The van der Waals surface area contributed by atoms with Gasteiger partial charge in [-0.3, -0.25) is 9.59 Å². The normalized spacial score (nSPS) is 16.0. The Hall–Kier alpha value is -1.88. The summed E-state index contributed by atoms with van der Waals surface area (Å²) in [5.74, 6) is -0.0589. The first-order valence-electron chi connectivity index (χ1n) is 8.40. The second kappa shape index (κ2) is 9.30. The van der Waals surface area contributed by atoms with Crippen molar-refractivity contribution < 1.29 is 14.3 Å². The molecule has 2 rings (SSSR count). The Balaban J connectivity index is 2.03. The van der Waals surface area contributed by atoms with Gasteiger partial charge in [0.1, 0.15) is 6.04 Å². The van der Waals surface area contributed by atoms with Crippen molar-refractivity contribution in [2.24, 2.45) is 0 Å². The number of hydrogen-bond acceptors (Lipinski definition) is 3. The van der Waals surface area contributed by atoms with Crippen LogP contribution in [0.3, 0.4) is 0 Å². The van der Waals surface area contributed by atoms with Crippen molar-refractivity contribution in [3.05, 3.63) is 35.9 Å². The fraction of sp³-hybridized carbons (Fsp3) is 0.556. The van der Waals surface area contributed by atoms with Gasteiger partial charge in [0, 0.05) is 25.9 Å². The Kier molecular flexibility index (Phi) is 7.07. The SMILES string of the molecule is CCCCC(=O)N[C@@H](Cc1ccccc1)C(=O)N1CCOCC1. The molecule has 1 aliphatic rings. The van der Waals surface area contributed by atoms with E-state index in [1.165, 1.54) is 0 Å². The summed E-state index contributed by atoms with van der Waals surface area (Å²) in [5.41, 5.74) is 1.05. The van der Waals surface area contributed by atoms with Crippen LogP contribution in [-0.4, -0.2) is 49.1 Å². The topological polar surface area (TPSA) is 58.6 Å². The van der Waals surface area contributed by atoms with Crippen LogP contribution in [0.15, 0.2) is 30.3 Å². The number of morpholine rings is 1. The predicted molar refractivity (Wildman–Crippen MR) is 89.0 cm³/mol. The van der Waals surface area contributed by atoms with E-state index in [1.54, 1.807) is 4.90 Å². The molecule has 1 aliphatic heterocycles. The molecule has 2 amide bonds. The predicted octanol–water partition coefficient (Wildman–Crippen LogP) is 1.76. The van der Waals surface area contributed by atoms with E-state index in [1.807, 2.05) is 37.3 Å². The van der Waals surface area contributed by atoms with E-state index >= 15 is 0 Å². The molecule has 5 nitrogen and oxygen atoms in total. The van der Waals surface area contributed by atoms with Crippen LogP contribution in [0.1, 0.15) is 31.7 Å². The van der Waals surface area contributed by atoms with Crippen molar-refractivity contribution in [1.82, 2.24) is 10.2 Å². The van der Waals surface area contributed by atoms with Gasteiger partial charge in [-0.25, -0.2) is 0 Å². The monoisotopic (exact) mass is 318 g/mol. The number of carbonyl (C=O) groups is 2. The lowest BCUT2D eigenvalue weighted by molar-refractivity contribution is -0.139. The Morgan fingerprint density at radius 1 is 1.22 bits per heavy atom. The van der Waals surface area contributed by atoms with Crippen LogP contribution in [0, 0.1) is 0 Å². The molecule has 1 fully saturated rings. The van der Waals surface area contributed by atoms with Gasteiger partial charge in [-0.05, 0) is 12.0 Å². The second-order valence-corrected chi connectivity index (χ2v) is 5.85. The summed E-state index contributed by atoms with van der Waals surface area (Å²) in [5, 5.41) is 2.93. The summed E-state index contributed by atoms with van der Waals surface area (Å²) in [6.07, 6.45) is 2.80. The minimum atomic E-state index is -0.500. The van der Waals surface area contributed by atoms with Crippen LogP contribution in [-0.2, 0) is 20.7 Å². The van der Waals surface area contributed by atoms with Crippen LogP contribution in [0.25, 0.3) is 0 Å². The minimum Gasteiger partial charge on any atom is -0.378 e. The fourth-order valence-electron chi connectivity index (χ4n) is 2.66. The molecule has 0 radical (unpaired) electrons. The maximum absolute atomic E-state index is 12.8. The molecule has 1 saturated heterocycles. The van der Waals surface area contributed by atoms with Gasteiger partial charge < -0.3 is 15.0 Å². The smallest absolute Gasteiger partial charge is 0.245 e. The maximum Gasteiger partial charge on any atom is 0.245 e. The van der Waals surface area contributed by atoms with Crippen LogP contribution < -0.4 is 5.32 Å². The lowest BCUT2D eigenvalue weighted by Gasteiger charge is -2.31. The first-order chi connectivity index (χ1) is 11.2. The highest BCUT2D eigenvalue weighted by molar-refractivity contribution is 5.88. The van der Waals surface area contributed by atoms with E-state index in [4.69, 9.17) is 4.74 Å². The van der Waals surface area contributed by atoms with E-state index in [9.17, 15) is 9.59 Å². The molecular weight excluding hydrogens is 292 g/mol. The molecule has 0 unspecified atom stereocenters. The molecule has 1 atom stereocenters. The van der Waals surface area contributed by atoms with Crippen molar-refractivity contribution in [3.63, 3.8) is 0 Å². The molecule has 1 aromatic carbocycles. The number of unbranched alkanes of at least 4 members (excludes halogenated alkanes) is 1. The van der Waals surface area contributed by atoms with Crippen LogP contribution in [0.4, 0.5) is 0 Å². The summed E-state index contributed by atoms with van der Waals surface area (Å²) in [6, 6.07) is 9.31. The third-order valence-corrected chi connectivity index (χ3v) is 4.00. The number of ether oxygens (including phenoxy) is 1. The van der Waals surface area contributed by atoms with E-state index in [0.717, 1.165) is 18.4 Å². The third kappa shape index (κ3) is 5.67. The van der Waals surface area contributed by atoms with Crippen LogP contribution in [0.5, 0.6) is 0 Å². The largest absolute Gasteiger partial charge is 0.378 e. The van der Waals surface area contributed by atoms with Gasteiger partial charge in [0.15, 0.2) is 0 Å². The Morgan fingerprint density at radius 3 is 2.57 bits per heavy atom. The number of amides is 2. The molecule has 0 bridgehead atoms. The summed E-state index contributed by atoms with van der Waals surface area (Å²) >= 11 is 0. The van der Waals surface area contributed by atoms with Gasteiger partial charge in [0.05, 0.1) is 13.2 Å². The summed E-state index contributed by atoms with van der Waals surface area (Å²) < 4.78 is 5.30. The standard InChI is InChI=1S/C18H26N2O3/c1-2-3-9-17(21)19-16(14-15-7-5-4-6-8-15)18(22)20-10-12-23-13-11-20/h4-8,16H,2-3,9-14H2,1H3,(H,19,21)/t16-/m0/s1. The Bertz CT molecular complexity index is 498. The zero-order chi connectivity index (χ0) is 16.5. The molecule has 0 aromatic heterocycles. The van der Waals surface area contributed by atoms with Crippen molar-refractivity contribution in [2.45, 2.75) is 38.6 Å². The van der Waals surface area contributed by atoms with Gasteiger partial charge in [0.2, 0.25) is 11.8 Å². The zero-order valence-corrected chi connectivity index (χ0v) is 13.8. The molecule has 0 aliphatic carbocycles. The van der Waals surface area contributed by atoms with Gasteiger partial charge in [-0.15, -0.1) is 0 Å². The van der Waals surface area contributed by atoms with Gasteiger partial charge in [-0.2, -0.15) is 0 Å². The van der Waals surface area contributed by atoms with E-state index in [-0.39, 0.29) is 11.8 Å². The van der Waals surface area contributed by atoms with E-state index in [2.05, 4.69) is 5.32 Å². The van der Waals surface area contributed by atoms with E-state index < -0.39 is 6.04 Å². The highest BCUT2D eigenvalue weighted by Gasteiger charge is 2.27. The molecular formula is C18H26N2O3. The highest BCUT2D eigenvalue weighted by atomic mass is 16.5. The summed E-state index contributed by atoms with van der Waals surface area (Å²) in [4.78, 5) is 26.6. The van der Waals surface area contributed by atoms with Crippen molar-refractivity contribution in [1.29, 1.82) is 0 Å². The zero-order valence-electron chi connectivity index (χ0n) is 13.8. The number of carbonyl (C=O) groups excluding carboxylic acids is 2. The maximum atomic E-state index is 12.8. The summed E-state index contributed by atoms with van der Waals surface area (Å²) in [6.45, 7) is 4.36. The highest BCUT2D eigenvalue weighted by Crippen LogP contribution is 2.09. The van der Waals surface area contributed by atoms with Crippen molar-refractivity contribution >= 4 is 11.8 Å². The Labute approximate surface area is 138 Å². The molecule has 1 aromatic rings. The number of hydrogen-bond donors (Lipinski definition) is 1. The van der Waals surface area contributed by atoms with Gasteiger partial charge in [-0.1, -0.05) is 43.7 Å². The van der Waals surface area contributed by atoms with Gasteiger partial charge in [0.25, 0.3) is 0 Å². The average Bonchev–Trinajstić information content (AvgIpc) is 2.60. The van der Waals surface area contributed by atoms with E-state index in [0.29, 0.717) is 39.1 Å². The molecule has 126 valence electrons. The third-order valence-electron chi connectivity index (χ3n) is 4.00. The molecule has 23 heavy (non-hydrogen) atoms. The first kappa shape index (κ1) is 17.5. The molecule has 0 spiro atoms. The molecule has 1 heterocycles. The van der Waals surface area contributed by atoms with Crippen LogP contribution in [0.2, 0.25) is 0 Å². The lowest BCUT2D eigenvalue weighted by atomic mass is 10.0. The molecule has 0 saturated carbocycles. The second-order valence-electron chi connectivity index (χ2n) is 5.85. The molecule has 1 N–H and O–H groups in total. The summed E-state index contributed by atoms with van der Waals surface area (Å²) in [7, 11) is 0. The number of benzene rings is 1. The fourth-order valence-corrected chi connectivity index (χ4v) is 2.66. The van der Waals surface area contributed by atoms with Gasteiger partial charge >= 0.3 is 0 Å². The quantitative estimate of drug-likeness (QED) is 0.833. The van der Waals surface area contributed by atoms with Crippen molar-refractivity contribution in [3.8, 4) is 0 Å². The minimum absolute atomic E-state index is 0.0120. The lowest BCUT2D eigenvalue weighted by Crippen LogP contribution is -2.52. The number of nitrogens with one attached hydrogen (secondary N) is 1. The van der Waals surface area contributed by atoms with Crippen LogP contribution >= 0.6 is 0 Å². The first-order valence-corrected chi connectivity index (χ1v) is 8.40. The van der Waals surface area contributed by atoms with Crippen molar-refractivity contribution in [2.75, 3.05) is 26.3 Å². The number of nitrogens with zero attached hydrogens (tertiary/aromatic N) is 1.